The number of amides is 2. The molecule has 2 amide bonds. The zero-order valence-corrected chi connectivity index (χ0v) is 15.7. The van der Waals surface area contributed by atoms with Crippen molar-refractivity contribution in [2.45, 2.75) is 25.8 Å². The van der Waals surface area contributed by atoms with Crippen molar-refractivity contribution >= 4 is 27.3 Å². The average Bonchev–Trinajstić information content (AvgIpc) is 2.74. The summed E-state index contributed by atoms with van der Waals surface area (Å²) in [5, 5.41) is 5.59. The lowest BCUT2D eigenvalue weighted by molar-refractivity contribution is -0.862. The lowest BCUT2D eigenvalue weighted by Crippen LogP contribution is -3.11. The fourth-order valence-corrected chi connectivity index (χ4v) is 5.04. The first kappa shape index (κ1) is 19.4. The van der Waals surface area contributed by atoms with Crippen molar-refractivity contribution in [3.63, 3.8) is 0 Å². The maximum absolute atomic E-state index is 12.1. The van der Waals surface area contributed by atoms with Gasteiger partial charge in [0, 0.05) is 5.69 Å². The van der Waals surface area contributed by atoms with Gasteiger partial charge >= 0.3 is 0 Å². The lowest BCUT2D eigenvalue weighted by atomic mass is 10.0. The van der Waals surface area contributed by atoms with Gasteiger partial charge in [0.1, 0.15) is 0 Å². The fourth-order valence-electron chi connectivity index (χ4n) is 2.94. The minimum absolute atomic E-state index is 0.0291. The van der Waals surface area contributed by atoms with E-state index in [0.29, 0.717) is 6.42 Å². The van der Waals surface area contributed by atoms with Crippen LogP contribution in [0, 0.1) is 6.92 Å². The maximum atomic E-state index is 12.1. The molecule has 1 aliphatic heterocycles. The van der Waals surface area contributed by atoms with Crippen molar-refractivity contribution in [2.75, 3.05) is 37.0 Å². The van der Waals surface area contributed by atoms with Crippen molar-refractivity contribution in [2.24, 2.45) is 0 Å². The first-order valence-electron chi connectivity index (χ1n) is 8.26. The van der Waals surface area contributed by atoms with E-state index >= 15 is 0 Å². The summed E-state index contributed by atoms with van der Waals surface area (Å²) < 4.78 is 23.2. The Hall–Kier alpha value is -1.93. The Bertz CT molecular complexity index is 746. The zero-order chi connectivity index (χ0) is 18.7. The van der Waals surface area contributed by atoms with Crippen LogP contribution in [-0.4, -0.2) is 57.4 Å². The third-order valence-electron chi connectivity index (χ3n) is 4.20. The van der Waals surface area contributed by atoms with Crippen LogP contribution in [0.1, 0.15) is 18.9 Å². The number of anilines is 1. The van der Waals surface area contributed by atoms with Crippen LogP contribution in [0.4, 0.5) is 5.69 Å². The summed E-state index contributed by atoms with van der Waals surface area (Å²) in [5.74, 6) is -0.353. The van der Waals surface area contributed by atoms with Gasteiger partial charge in [0.15, 0.2) is 22.9 Å². The van der Waals surface area contributed by atoms with E-state index in [4.69, 9.17) is 0 Å². The van der Waals surface area contributed by atoms with Gasteiger partial charge in [-0.05, 0) is 32.4 Å². The zero-order valence-electron chi connectivity index (χ0n) is 14.9. The summed E-state index contributed by atoms with van der Waals surface area (Å²) in [4.78, 5) is 24.9. The molecule has 0 bridgehead atoms. The van der Waals surface area contributed by atoms with Gasteiger partial charge in [-0.3, -0.25) is 9.59 Å². The molecule has 0 spiro atoms. The summed E-state index contributed by atoms with van der Waals surface area (Å²) in [7, 11) is -1.32. The number of hydrogen-bond donors (Lipinski definition) is 3. The molecule has 2 atom stereocenters. The van der Waals surface area contributed by atoms with Crippen molar-refractivity contribution in [1.29, 1.82) is 0 Å². The van der Waals surface area contributed by atoms with Crippen LogP contribution in [-0.2, 0) is 19.4 Å². The van der Waals surface area contributed by atoms with Crippen molar-refractivity contribution in [3.8, 4) is 0 Å². The molecule has 0 radical (unpaired) electrons. The molecule has 1 aliphatic rings. The Morgan fingerprint density at radius 1 is 1.16 bits per heavy atom. The van der Waals surface area contributed by atoms with Crippen LogP contribution < -0.4 is 15.5 Å². The number of rotatable bonds is 6. The summed E-state index contributed by atoms with van der Waals surface area (Å²) in [6.07, 6.45) is 0.425. The van der Waals surface area contributed by atoms with Gasteiger partial charge in [-0.15, -0.1) is 0 Å². The third-order valence-corrected chi connectivity index (χ3v) is 6.11. The van der Waals surface area contributed by atoms with Crippen molar-refractivity contribution < 1.29 is 22.9 Å². The number of sulfone groups is 1. The van der Waals surface area contributed by atoms with Crippen LogP contribution in [0.5, 0.6) is 0 Å². The molecule has 0 saturated carbocycles. The minimum atomic E-state index is -3.07. The summed E-state index contributed by atoms with van der Waals surface area (Å²) in [5.41, 5.74) is 1.12. The van der Waals surface area contributed by atoms with E-state index in [9.17, 15) is 18.0 Å². The topological polar surface area (TPSA) is 96.8 Å². The van der Waals surface area contributed by atoms with Gasteiger partial charge in [-0.1, -0.05) is 17.7 Å². The summed E-state index contributed by atoms with van der Waals surface area (Å²) in [6.45, 7) is 3.97. The minimum Gasteiger partial charge on any atom is -0.345 e. The van der Waals surface area contributed by atoms with E-state index in [1.807, 2.05) is 31.2 Å². The Labute approximate surface area is 148 Å². The molecule has 0 aliphatic carbocycles. The van der Waals surface area contributed by atoms with Gasteiger partial charge < -0.3 is 15.5 Å². The van der Waals surface area contributed by atoms with E-state index in [1.54, 1.807) is 14.0 Å². The van der Waals surface area contributed by atoms with Gasteiger partial charge in [0.2, 0.25) is 0 Å². The number of nitrogens with one attached hydrogen (secondary N) is 3. The predicted octanol–water partition coefficient (Wildman–Crippen LogP) is -0.858. The molecule has 7 nitrogen and oxygen atoms in total. The molecule has 2 rings (SSSR count). The molecule has 1 saturated heterocycles. The highest BCUT2D eigenvalue weighted by Gasteiger charge is 2.39. The number of quaternary nitrogens is 1. The Morgan fingerprint density at radius 2 is 1.76 bits per heavy atom. The highest BCUT2D eigenvalue weighted by molar-refractivity contribution is 7.91. The van der Waals surface area contributed by atoms with E-state index in [-0.39, 0.29) is 36.4 Å². The molecular weight excluding hydrogens is 342 g/mol. The van der Waals surface area contributed by atoms with Gasteiger partial charge in [-0.25, -0.2) is 8.42 Å². The molecule has 1 aromatic carbocycles. The van der Waals surface area contributed by atoms with Crippen molar-refractivity contribution in [3.05, 3.63) is 29.8 Å². The number of benzene rings is 1. The molecule has 1 unspecified atom stereocenters. The lowest BCUT2D eigenvalue weighted by Gasteiger charge is -2.24. The average molecular weight is 368 g/mol. The van der Waals surface area contributed by atoms with Crippen LogP contribution in [0.25, 0.3) is 0 Å². The molecule has 1 fully saturated rings. The quantitative estimate of drug-likeness (QED) is 0.609. The highest BCUT2D eigenvalue weighted by atomic mass is 32.2. The van der Waals surface area contributed by atoms with E-state index in [2.05, 4.69) is 10.6 Å². The second kappa shape index (κ2) is 7.53. The third kappa shape index (κ3) is 6.13. The fraction of sp³-hybridized carbons (Fsp3) is 0.529. The number of likely N-dealkylation sites (N-methyl/N-ethyl adjacent to an activating group) is 1. The maximum Gasteiger partial charge on any atom is 0.279 e. The smallest absolute Gasteiger partial charge is 0.279 e. The molecular formula is C17H26N3O4S+. The van der Waals surface area contributed by atoms with Crippen molar-refractivity contribution in [1.82, 2.24) is 5.32 Å². The van der Waals surface area contributed by atoms with Gasteiger partial charge in [0.05, 0.1) is 24.1 Å². The van der Waals surface area contributed by atoms with Gasteiger partial charge in [0.25, 0.3) is 11.8 Å². The first-order chi connectivity index (χ1) is 11.6. The second-order valence-electron chi connectivity index (χ2n) is 7.18. The van der Waals surface area contributed by atoms with E-state index in [0.717, 1.165) is 16.2 Å². The number of hydrogen-bond acceptors (Lipinski definition) is 4. The molecule has 8 heteroatoms. The second-order valence-corrected chi connectivity index (χ2v) is 9.36. The predicted molar refractivity (Wildman–Crippen MR) is 96.2 cm³/mol. The number of carbonyl (C=O) groups excluding carboxylic acids is 2. The number of aryl methyl sites for hydroxylation is 1. The molecule has 3 N–H and O–H groups in total. The van der Waals surface area contributed by atoms with E-state index in [1.165, 1.54) is 0 Å². The van der Waals surface area contributed by atoms with E-state index < -0.39 is 15.4 Å². The Balaban J connectivity index is 1.79. The molecule has 1 aromatic rings. The van der Waals surface area contributed by atoms with Crippen LogP contribution >= 0.6 is 0 Å². The van der Waals surface area contributed by atoms with Crippen LogP contribution in [0.15, 0.2) is 24.3 Å². The molecule has 0 aromatic heterocycles. The van der Waals surface area contributed by atoms with Crippen LogP contribution in [0.3, 0.4) is 0 Å². The summed E-state index contributed by atoms with van der Waals surface area (Å²) in [6, 6.07) is 7.49. The van der Waals surface area contributed by atoms with Crippen LogP contribution in [0.2, 0.25) is 0 Å². The molecule has 138 valence electrons. The largest absolute Gasteiger partial charge is 0.345 e. The monoisotopic (exact) mass is 368 g/mol. The highest BCUT2D eigenvalue weighted by Crippen LogP contribution is 2.22. The number of carbonyl (C=O) groups is 2. The summed E-state index contributed by atoms with van der Waals surface area (Å²) >= 11 is 0. The first-order valence-corrected chi connectivity index (χ1v) is 10.1. The molecule has 25 heavy (non-hydrogen) atoms. The Kier molecular flexibility index (Phi) is 5.84. The Morgan fingerprint density at radius 3 is 2.32 bits per heavy atom. The molecule has 1 heterocycles. The SMILES string of the molecule is Cc1ccc(NC(=O)C[NH+](C)CC(=O)N[C@]2(C)CCS(=O)(=O)C2)cc1. The normalized spacial score (nSPS) is 23.0. The standard InChI is InChI=1S/C17H25N3O4S/c1-13-4-6-14(7-5-13)18-15(21)10-20(3)11-16(22)19-17(2)8-9-25(23,24)12-17/h4-7H,8-12H2,1-3H3,(H,18,21)(H,19,22)/p+1/t17-/m1/s1. The van der Waals surface area contributed by atoms with Gasteiger partial charge in [-0.2, -0.15) is 0 Å².